The van der Waals surface area contributed by atoms with Gasteiger partial charge in [0.25, 0.3) is 5.56 Å². The summed E-state index contributed by atoms with van der Waals surface area (Å²) in [7, 11) is 2.01. The number of hydrogen-bond acceptors (Lipinski definition) is 5. The maximum Gasteiger partial charge on any atom is 0.341 e. The molecule has 4 heterocycles. The third kappa shape index (κ3) is 2.90. The van der Waals surface area contributed by atoms with Gasteiger partial charge in [-0.3, -0.25) is 9.20 Å². The van der Waals surface area contributed by atoms with Gasteiger partial charge in [-0.25, -0.2) is 9.18 Å². The van der Waals surface area contributed by atoms with E-state index in [2.05, 4.69) is 4.90 Å². The van der Waals surface area contributed by atoms with Crippen molar-refractivity contribution in [2.75, 3.05) is 13.6 Å². The van der Waals surface area contributed by atoms with Gasteiger partial charge in [0.2, 0.25) is 0 Å². The minimum absolute atomic E-state index is 0.107. The molecule has 0 amide bonds. The van der Waals surface area contributed by atoms with Crippen molar-refractivity contribution in [2.24, 2.45) is 5.73 Å². The molecule has 1 aliphatic carbocycles. The fraction of sp³-hybridized carbons (Fsp3) is 0.364. The highest BCUT2D eigenvalue weighted by molar-refractivity contribution is 7.15. The number of fused-ring (bicyclic) bond motifs is 2. The van der Waals surface area contributed by atoms with E-state index in [4.69, 9.17) is 5.73 Å². The van der Waals surface area contributed by atoms with Crippen LogP contribution in [0.2, 0.25) is 0 Å². The fourth-order valence-electron chi connectivity index (χ4n) is 4.59. The van der Waals surface area contributed by atoms with Crippen molar-refractivity contribution >= 4 is 22.8 Å². The minimum Gasteiger partial charge on any atom is -0.477 e. The molecule has 0 bridgehead atoms. The molecule has 3 N–H and O–H groups in total. The number of carbonyl (C=O) groups is 1. The summed E-state index contributed by atoms with van der Waals surface area (Å²) in [4.78, 5) is 28.3. The molecular formula is C22H22FN3O3S. The average molecular weight is 428 g/mol. The first-order valence-corrected chi connectivity index (χ1v) is 10.8. The van der Waals surface area contributed by atoms with Gasteiger partial charge in [0, 0.05) is 34.6 Å². The Kier molecular flexibility index (Phi) is 4.36. The molecule has 6 nitrogen and oxygen atoms in total. The van der Waals surface area contributed by atoms with Crippen molar-refractivity contribution in [1.82, 2.24) is 9.30 Å². The number of thiophene rings is 1. The lowest BCUT2D eigenvalue weighted by atomic mass is 9.98. The molecule has 1 atom stereocenters. The summed E-state index contributed by atoms with van der Waals surface area (Å²) < 4.78 is 16.5. The second-order valence-electron chi connectivity index (χ2n) is 8.40. The Bertz CT molecular complexity index is 1280. The summed E-state index contributed by atoms with van der Waals surface area (Å²) in [6.45, 7) is 3.33. The average Bonchev–Trinajstić information content (AvgIpc) is 3.42. The second-order valence-corrected chi connectivity index (χ2v) is 9.48. The van der Waals surface area contributed by atoms with E-state index in [0.717, 1.165) is 53.0 Å². The molecule has 3 aromatic rings. The fourth-order valence-corrected chi connectivity index (χ4v) is 5.86. The van der Waals surface area contributed by atoms with E-state index in [9.17, 15) is 14.7 Å². The molecule has 0 spiro atoms. The maximum atomic E-state index is 15.3. The molecule has 1 aliphatic heterocycles. The minimum atomic E-state index is -1.29. The first-order chi connectivity index (χ1) is 14.3. The molecule has 0 saturated heterocycles. The second kappa shape index (κ2) is 6.73. The van der Waals surface area contributed by atoms with Crippen LogP contribution in [0.1, 0.15) is 56.7 Å². The summed E-state index contributed by atoms with van der Waals surface area (Å²) >= 11 is 1.50. The number of carboxylic acids is 1. The Morgan fingerprint density at radius 3 is 2.73 bits per heavy atom. The molecule has 1 saturated carbocycles. The van der Waals surface area contributed by atoms with Gasteiger partial charge in [-0.15, -0.1) is 11.3 Å². The Morgan fingerprint density at radius 2 is 2.07 bits per heavy atom. The molecule has 5 rings (SSSR count). The van der Waals surface area contributed by atoms with E-state index >= 15 is 4.39 Å². The largest absolute Gasteiger partial charge is 0.477 e. The number of aryl methyl sites for hydroxylation is 1. The Labute approximate surface area is 176 Å². The summed E-state index contributed by atoms with van der Waals surface area (Å²) in [5.74, 6) is -1.62. The smallest absolute Gasteiger partial charge is 0.341 e. The van der Waals surface area contributed by atoms with Gasteiger partial charge in [-0.2, -0.15) is 0 Å². The highest BCUT2D eigenvalue weighted by Gasteiger charge is 2.31. The molecule has 156 valence electrons. The van der Waals surface area contributed by atoms with Gasteiger partial charge in [-0.1, -0.05) is 0 Å². The molecule has 2 aliphatic rings. The third-order valence-electron chi connectivity index (χ3n) is 6.10. The zero-order valence-corrected chi connectivity index (χ0v) is 17.6. The van der Waals surface area contributed by atoms with Crippen molar-refractivity contribution in [3.8, 4) is 10.4 Å². The zero-order chi connectivity index (χ0) is 21.3. The van der Waals surface area contributed by atoms with E-state index in [1.807, 2.05) is 20.0 Å². The lowest BCUT2D eigenvalue weighted by Gasteiger charge is -2.27. The summed E-state index contributed by atoms with van der Waals surface area (Å²) in [5.41, 5.74) is 8.95. The number of hydrogen-bond donors (Lipinski definition) is 2. The number of nitrogens with two attached hydrogens (primary N) is 1. The summed E-state index contributed by atoms with van der Waals surface area (Å²) in [6, 6.07) is 3.37. The summed E-state index contributed by atoms with van der Waals surface area (Å²) in [6.07, 6.45) is 3.02. The third-order valence-corrected chi connectivity index (χ3v) is 7.42. The van der Waals surface area contributed by atoms with E-state index in [0.29, 0.717) is 16.6 Å². The quantitative estimate of drug-likeness (QED) is 0.668. The summed E-state index contributed by atoms with van der Waals surface area (Å²) in [5, 5.41) is 9.44. The van der Waals surface area contributed by atoms with Crippen LogP contribution in [0.5, 0.6) is 0 Å². The predicted molar refractivity (Wildman–Crippen MR) is 114 cm³/mol. The van der Waals surface area contributed by atoms with Crippen molar-refractivity contribution in [2.45, 2.75) is 38.3 Å². The number of carboxylic acid groups (broad SMARTS) is 1. The van der Waals surface area contributed by atoms with Crippen molar-refractivity contribution < 1.29 is 14.3 Å². The van der Waals surface area contributed by atoms with E-state index < -0.39 is 17.3 Å². The molecule has 8 heteroatoms. The Hall–Kier alpha value is -2.55. The number of aromatic carboxylic acids is 1. The normalized spacial score (nSPS) is 19.3. The van der Waals surface area contributed by atoms with Crippen LogP contribution in [0.15, 0.2) is 23.1 Å². The first-order valence-electron chi connectivity index (χ1n) is 9.95. The van der Waals surface area contributed by atoms with E-state index in [1.165, 1.54) is 21.8 Å². The standard InChI is InChI=1S/C22H22FN3O3S/c1-10-18(17-5-12-7-25(2)9-16(24)20(12)30-17)15(23)8-26-19(10)13(11-3-4-11)6-14(21(26)27)22(28)29/h5-6,8,11,16H,3-4,7,9,24H2,1-2H3,(H,28,29). The topological polar surface area (TPSA) is 88.0 Å². The Morgan fingerprint density at radius 1 is 1.33 bits per heavy atom. The van der Waals surface area contributed by atoms with Gasteiger partial charge in [-0.05, 0) is 61.6 Å². The number of rotatable bonds is 3. The van der Waals surface area contributed by atoms with Crippen molar-refractivity contribution in [3.63, 3.8) is 0 Å². The molecule has 1 fully saturated rings. The number of likely N-dealkylation sites (N-methyl/N-ethyl adjacent to an activating group) is 1. The predicted octanol–water partition coefficient (Wildman–Crippen LogP) is 3.50. The molecule has 1 unspecified atom stereocenters. The number of halogens is 1. The van der Waals surface area contributed by atoms with Crippen molar-refractivity contribution in [3.05, 3.63) is 61.6 Å². The van der Waals surface area contributed by atoms with Crippen LogP contribution in [0, 0.1) is 12.7 Å². The molecule has 0 radical (unpaired) electrons. The maximum absolute atomic E-state index is 15.3. The van der Waals surface area contributed by atoms with E-state index in [1.54, 1.807) is 0 Å². The van der Waals surface area contributed by atoms with Gasteiger partial charge in [0.1, 0.15) is 11.4 Å². The van der Waals surface area contributed by atoms with Crippen LogP contribution in [-0.2, 0) is 6.54 Å². The molecular weight excluding hydrogens is 405 g/mol. The monoisotopic (exact) mass is 427 g/mol. The first kappa shape index (κ1) is 19.4. The SMILES string of the molecule is Cc1c(-c2cc3c(s2)C(N)CN(C)C3)c(F)cn2c(=O)c(C(=O)O)cc(C3CC3)c12. The van der Waals surface area contributed by atoms with Gasteiger partial charge < -0.3 is 15.7 Å². The van der Waals surface area contributed by atoms with Crippen LogP contribution in [-0.4, -0.2) is 34.0 Å². The highest BCUT2D eigenvalue weighted by atomic mass is 32.1. The van der Waals surface area contributed by atoms with Crippen LogP contribution in [0.25, 0.3) is 16.0 Å². The number of aromatic nitrogens is 1. The number of pyridine rings is 2. The zero-order valence-electron chi connectivity index (χ0n) is 16.7. The lowest BCUT2D eigenvalue weighted by Crippen LogP contribution is -2.33. The lowest BCUT2D eigenvalue weighted by molar-refractivity contribution is 0.0694. The molecule has 0 aromatic carbocycles. The van der Waals surface area contributed by atoms with Crippen LogP contribution < -0.4 is 11.3 Å². The van der Waals surface area contributed by atoms with Crippen LogP contribution in [0.4, 0.5) is 4.39 Å². The van der Waals surface area contributed by atoms with Crippen LogP contribution in [0.3, 0.4) is 0 Å². The molecule has 30 heavy (non-hydrogen) atoms. The number of nitrogens with zero attached hydrogens (tertiary/aromatic N) is 2. The van der Waals surface area contributed by atoms with E-state index in [-0.39, 0.29) is 17.5 Å². The van der Waals surface area contributed by atoms with Gasteiger partial charge >= 0.3 is 5.97 Å². The van der Waals surface area contributed by atoms with Crippen LogP contribution >= 0.6 is 11.3 Å². The van der Waals surface area contributed by atoms with Gasteiger partial charge in [0.15, 0.2) is 0 Å². The molecule has 3 aromatic heterocycles. The highest BCUT2D eigenvalue weighted by Crippen LogP contribution is 2.45. The Balaban J connectivity index is 1.78. The van der Waals surface area contributed by atoms with Crippen molar-refractivity contribution in [1.29, 1.82) is 0 Å². The van der Waals surface area contributed by atoms with Gasteiger partial charge in [0.05, 0.1) is 11.6 Å².